The van der Waals surface area contributed by atoms with E-state index < -0.39 is 0 Å². The van der Waals surface area contributed by atoms with Crippen LogP contribution in [0.25, 0.3) is 0 Å². The predicted octanol–water partition coefficient (Wildman–Crippen LogP) is 0.615. The van der Waals surface area contributed by atoms with E-state index in [4.69, 9.17) is 0 Å². The fourth-order valence-electron chi connectivity index (χ4n) is 5.10. The first kappa shape index (κ1) is 15.4. The van der Waals surface area contributed by atoms with Gasteiger partial charge in [-0.2, -0.15) is 0 Å². The Bertz CT molecular complexity index is 516. The highest BCUT2D eigenvalue weighted by atomic mass is 15.3. The highest BCUT2D eigenvalue weighted by Gasteiger charge is 2.38. The first-order chi connectivity index (χ1) is 11.4. The maximum absolute atomic E-state index is 2.52. The van der Waals surface area contributed by atoms with Gasteiger partial charge in [0.2, 0.25) is 0 Å². The summed E-state index contributed by atoms with van der Waals surface area (Å²) in [5, 5.41) is 0. The van der Waals surface area contributed by atoms with E-state index in [0.29, 0.717) is 0 Å². The van der Waals surface area contributed by atoms with Crippen molar-refractivity contribution in [1.29, 1.82) is 0 Å². The van der Waals surface area contributed by atoms with Crippen molar-refractivity contribution in [2.24, 2.45) is 17.8 Å². The second-order valence-corrected chi connectivity index (χ2v) is 8.08. The van der Waals surface area contributed by atoms with Gasteiger partial charge in [0.05, 0.1) is 13.1 Å². The third kappa shape index (κ3) is 3.87. The Kier molecular flexibility index (Phi) is 4.82. The SMILES string of the molecule is C1=C[C@H]2C[C@H]1C[C@H]2C[NH+]1CC[NH+](CCCc2ccccc2)CC1. The number of rotatable bonds is 6. The van der Waals surface area contributed by atoms with Crippen LogP contribution < -0.4 is 9.80 Å². The van der Waals surface area contributed by atoms with Gasteiger partial charge in [-0.3, -0.25) is 0 Å². The number of benzene rings is 1. The second kappa shape index (κ2) is 7.19. The maximum atomic E-state index is 2.52. The summed E-state index contributed by atoms with van der Waals surface area (Å²) >= 11 is 0. The molecule has 0 aromatic heterocycles. The average Bonchev–Trinajstić information content (AvgIpc) is 3.20. The highest BCUT2D eigenvalue weighted by molar-refractivity contribution is 5.14. The lowest BCUT2D eigenvalue weighted by atomic mass is 9.93. The quantitative estimate of drug-likeness (QED) is 0.713. The molecule has 2 N–H and O–H groups in total. The van der Waals surface area contributed by atoms with Crippen LogP contribution in [0.2, 0.25) is 0 Å². The van der Waals surface area contributed by atoms with Gasteiger partial charge in [-0.05, 0) is 36.7 Å². The van der Waals surface area contributed by atoms with Crippen molar-refractivity contribution >= 4 is 0 Å². The minimum atomic E-state index is 0.934. The number of fused-ring (bicyclic) bond motifs is 2. The van der Waals surface area contributed by atoms with Gasteiger partial charge in [-0.25, -0.2) is 0 Å². The predicted molar refractivity (Wildman–Crippen MR) is 94.7 cm³/mol. The Hall–Kier alpha value is -1.12. The smallest absolute Gasteiger partial charge is 0.127 e. The molecule has 1 aromatic rings. The van der Waals surface area contributed by atoms with Crippen LogP contribution in [-0.2, 0) is 6.42 Å². The van der Waals surface area contributed by atoms with E-state index in [2.05, 4.69) is 42.5 Å². The molecule has 0 unspecified atom stereocenters. The number of nitrogens with one attached hydrogen (secondary N) is 2. The molecule has 23 heavy (non-hydrogen) atoms. The topological polar surface area (TPSA) is 8.88 Å². The van der Waals surface area contributed by atoms with E-state index in [-0.39, 0.29) is 0 Å². The zero-order chi connectivity index (χ0) is 15.5. The van der Waals surface area contributed by atoms with Gasteiger partial charge in [0, 0.05) is 12.3 Å². The van der Waals surface area contributed by atoms with Gasteiger partial charge in [-0.1, -0.05) is 42.5 Å². The molecule has 1 saturated carbocycles. The number of quaternary nitrogens is 2. The van der Waals surface area contributed by atoms with Crippen LogP contribution in [-0.4, -0.2) is 39.3 Å². The van der Waals surface area contributed by atoms with Crippen molar-refractivity contribution in [3.8, 4) is 0 Å². The molecule has 1 saturated heterocycles. The van der Waals surface area contributed by atoms with E-state index in [1.165, 1.54) is 70.5 Å². The standard InChI is InChI=1S/C21H30N2/c1-2-5-18(6-3-1)7-4-10-22-11-13-23(14-12-22)17-21-16-19-8-9-20(21)15-19/h1-3,5-6,8-9,19-21H,4,7,10-17H2/p+2/t19-,20-,21-/m0/s1. The number of hydrogen-bond donors (Lipinski definition) is 2. The molecular formula is C21H32N2+2. The van der Waals surface area contributed by atoms with Crippen molar-refractivity contribution in [3.63, 3.8) is 0 Å². The number of hydrogen-bond acceptors (Lipinski definition) is 0. The van der Waals surface area contributed by atoms with Crippen LogP contribution in [0, 0.1) is 17.8 Å². The first-order valence-electron chi connectivity index (χ1n) is 9.76. The van der Waals surface area contributed by atoms with Crippen LogP contribution in [0.3, 0.4) is 0 Å². The van der Waals surface area contributed by atoms with Gasteiger partial charge >= 0.3 is 0 Å². The van der Waals surface area contributed by atoms with Gasteiger partial charge in [0.1, 0.15) is 26.2 Å². The van der Waals surface area contributed by atoms with Gasteiger partial charge in [0.25, 0.3) is 0 Å². The van der Waals surface area contributed by atoms with E-state index in [9.17, 15) is 0 Å². The molecule has 1 heterocycles. The minimum Gasteiger partial charge on any atom is -0.326 e. The first-order valence-corrected chi connectivity index (χ1v) is 9.76. The van der Waals surface area contributed by atoms with E-state index in [1.54, 1.807) is 0 Å². The Morgan fingerprint density at radius 2 is 1.65 bits per heavy atom. The molecule has 0 spiro atoms. The molecule has 3 aliphatic rings. The van der Waals surface area contributed by atoms with E-state index in [0.717, 1.165) is 17.8 Å². The Morgan fingerprint density at radius 3 is 2.35 bits per heavy atom. The van der Waals surface area contributed by atoms with E-state index in [1.807, 2.05) is 9.80 Å². The summed E-state index contributed by atoms with van der Waals surface area (Å²) in [4.78, 5) is 3.74. The molecule has 2 aliphatic carbocycles. The molecule has 2 bridgehead atoms. The zero-order valence-electron chi connectivity index (χ0n) is 14.3. The Balaban J connectivity index is 1.14. The molecule has 3 atom stereocenters. The van der Waals surface area contributed by atoms with Crippen molar-refractivity contribution in [3.05, 3.63) is 48.0 Å². The maximum Gasteiger partial charge on any atom is 0.127 e. The Labute approximate surface area is 141 Å². The van der Waals surface area contributed by atoms with Crippen molar-refractivity contribution in [1.82, 2.24) is 0 Å². The molecule has 0 amide bonds. The summed E-state index contributed by atoms with van der Waals surface area (Å²) in [6.07, 6.45) is 10.5. The number of piperazine rings is 1. The molecular weight excluding hydrogens is 280 g/mol. The fraction of sp³-hybridized carbons (Fsp3) is 0.619. The summed E-state index contributed by atoms with van der Waals surface area (Å²) in [7, 11) is 0. The van der Waals surface area contributed by atoms with Crippen molar-refractivity contribution in [2.75, 3.05) is 39.3 Å². The van der Waals surface area contributed by atoms with E-state index >= 15 is 0 Å². The van der Waals surface area contributed by atoms with Crippen LogP contribution in [0.5, 0.6) is 0 Å². The third-order valence-electron chi connectivity index (χ3n) is 6.47. The van der Waals surface area contributed by atoms with Crippen LogP contribution >= 0.6 is 0 Å². The monoisotopic (exact) mass is 312 g/mol. The average molecular weight is 313 g/mol. The molecule has 4 rings (SSSR count). The van der Waals surface area contributed by atoms with Crippen molar-refractivity contribution < 1.29 is 9.80 Å². The fourth-order valence-corrected chi connectivity index (χ4v) is 5.10. The lowest BCUT2D eigenvalue weighted by Gasteiger charge is -2.32. The number of aryl methyl sites for hydroxylation is 1. The summed E-state index contributed by atoms with van der Waals surface area (Å²) in [5.74, 6) is 2.87. The number of allylic oxidation sites excluding steroid dienone is 2. The van der Waals surface area contributed by atoms with Crippen LogP contribution in [0.1, 0.15) is 24.8 Å². The second-order valence-electron chi connectivity index (χ2n) is 8.08. The molecule has 1 aliphatic heterocycles. The lowest BCUT2D eigenvalue weighted by Crippen LogP contribution is -3.28. The molecule has 0 radical (unpaired) electrons. The van der Waals surface area contributed by atoms with Gasteiger partial charge < -0.3 is 9.80 Å². The molecule has 1 aromatic carbocycles. The summed E-state index contributed by atoms with van der Waals surface area (Å²) in [5.41, 5.74) is 1.50. The molecule has 2 nitrogen and oxygen atoms in total. The molecule has 2 fully saturated rings. The van der Waals surface area contributed by atoms with Crippen molar-refractivity contribution in [2.45, 2.75) is 25.7 Å². The van der Waals surface area contributed by atoms with Crippen LogP contribution in [0.4, 0.5) is 0 Å². The molecule has 2 heteroatoms. The van der Waals surface area contributed by atoms with Gasteiger partial charge in [-0.15, -0.1) is 0 Å². The summed E-state index contributed by atoms with van der Waals surface area (Å²) < 4.78 is 0. The molecule has 124 valence electrons. The zero-order valence-corrected chi connectivity index (χ0v) is 14.3. The van der Waals surface area contributed by atoms with Gasteiger partial charge in [0.15, 0.2) is 0 Å². The van der Waals surface area contributed by atoms with Crippen LogP contribution in [0.15, 0.2) is 42.5 Å². The normalized spacial score (nSPS) is 35.7. The Morgan fingerprint density at radius 1 is 0.870 bits per heavy atom. The summed E-state index contributed by atoms with van der Waals surface area (Å²) in [6.45, 7) is 8.39. The summed E-state index contributed by atoms with van der Waals surface area (Å²) in [6, 6.07) is 11.0. The lowest BCUT2D eigenvalue weighted by molar-refractivity contribution is -1.01. The largest absolute Gasteiger partial charge is 0.326 e. The minimum absolute atomic E-state index is 0.934. The third-order valence-corrected chi connectivity index (χ3v) is 6.47. The highest BCUT2D eigenvalue weighted by Crippen LogP contribution is 2.42.